The number of amides is 3. The third kappa shape index (κ3) is 7.41. The zero-order valence-corrected chi connectivity index (χ0v) is 21.2. The van der Waals surface area contributed by atoms with E-state index in [4.69, 9.17) is 21.7 Å². The van der Waals surface area contributed by atoms with Crippen LogP contribution in [0.5, 0.6) is 0 Å². The maximum atomic E-state index is 15.0. The van der Waals surface area contributed by atoms with Crippen LogP contribution in [0.2, 0.25) is 0 Å². The molecule has 2 aliphatic rings. The molecule has 1 aromatic carbocycles. The van der Waals surface area contributed by atoms with Gasteiger partial charge in [0.2, 0.25) is 5.91 Å². The summed E-state index contributed by atoms with van der Waals surface area (Å²) in [7, 11) is 0. The summed E-state index contributed by atoms with van der Waals surface area (Å²) in [5.41, 5.74) is 0.253. The van der Waals surface area contributed by atoms with Crippen molar-refractivity contribution in [1.82, 2.24) is 15.5 Å². The quantitative estimate of drug-likeness (QED) is 0.563. The molecule has 0 aliphatic carbocycles. The second-order valence-corrected chi connectivity index (χ2v) is 9.88. The summed E-state index contributed by atoms with van der Waals surface area (Å²) >= 11 is 5.44. The Hall–Kier alpha value is -3.15. The molecule has 2 aliphatic heterocycles. The van der Waals surface area contributed by atoms with Crippen molar-refractivity contribution in [3.63, 3.8) is 0 Å². The molecular weight excluding hydrogens is 477 g/mol. The van der Waals surface area contributed by atoms with E-state index < -0.39 is 29.7 Å². The van der Waals surface area contributed by atoms with Gasteiger partial charge < -0.3 is 29.9 Å². The fraction of sp³-hybridized carbons (Fsp3) is 0.565. The van der Waals surface area contributed by atoms with Crippen molar-refractivity contribution in [3.05, 3.63) is 24.0 Å². The summed E-state index contributed by atoms with van der Waals surface area (Å²) in [6.45, 7) is 9.65. The fourth-order valence-electron chi connectivity index (χ4n) is 3.79. The van der Waals surface area contributed by atoms with E-state index in [9.17, 15) is 18.8 Å². The highest BCUT2D eigenvalue weighted by Gasteiger charge is 2.33. The monoisotopic (exact) mass is 509 g/mol. The summed E-state index contributed by atoms with van der Waals surface area (Å²) < 4.78 is 25.5. The van der Waals surface area contributed by atoms with Crippen LogP contribution in [0.3, 0.4) is 0 Å². The molecular formula is C23H32FN5O5S. The Labute approximate surface area is 209 Å². The molecule has 2 N–H and O–H groups in total. The Kier molecular flexibility index (Phi) is 8.36. The van der Waals surface area contributed by atoms with Crippen molar-refractivity contribution < 1.29 is 28.2 Å². The Morgan fingerprint density at radius 3 is 2.49 bits per heavy atom. The second kappa shape index (κ2) is 11.1. The van der Waals surface area contributed by atoms with Crippen LogP contribution in [0.25, 0.3) is 0 Å². The molecule has 12 heteroatoms. The van der Waals surface area contributed by atoms with E-state index in [0.717, 1.165) is 0 Å². The normalized spacial score (nSPS) is 18.3. The number of halogens is 1. The summed E-state index contributed by atoms with van der Waals surface area (Å²) in [6.07, 6.45) is -1.59. The number of alkyl carbamates (subject to hydrolysis) is 1. The summed E-state index contributed by atoms with van der Waals surface area (Å²) in [5, 5.41) is 5.27. The first kappa shape index (κ1) is 26.5. The molecule has 2 heterocycles. The van der Waals surface area contributed by atoms with Crippen molar-refractivity contribution in [2.45, 2.75) is 39.4 Å². The van der Waals surface area contributed by atoms with Gasteiger partial charge in [-0.2, -0.15) is 0 Å². The van der Waals surface area contributed by atoms with E-state index >= 15 is 0 Å². The first-order valence-electron chi connectivity index (χ1n) is 11.4. The van der Waals surface area contributed by atoms with E-state index in [1.54, 1.807) is 32.9 Å². The van der Waals surface area contributed by atoms with Gasteiger partial charge in [-0.05, 0) is 39.0 Å². The second-order valence-electron chi connectivity index (χ2n) is 9.41. The SMILES string of the molecule is CC(=O)NC[C@H]1CN(c2ccc(N3CCN(C(=S)CNC(=O)OC(C)(C)C)CC3)c(F)c2)C(=O)O1. The lowest BCUT2D eigenvalue weighted by atomic mass is 10.2. The van der Waals surface area contributed by atoms with E-state index in [1.165, 1.54) is 17.9 Å². The third-order valence-corrected chi connectivity index (χ3v) is 5.85. The molecule has 2 saturated heterocycles. The zero-order valence-electron chi connectivity index (χ0n) is 20.4. The molecule has 3 amide bonds. The summed E-state index contributed by atoms with van der Waals surface area (Å²) in [6, 6.07) is 4.65. The molecule has 3 rings (SSSR count). The number of thiocarbonyl (C=S) groups is 1. The number of hydrogen-bond donors (Lipinski definition) is 2. The highest BCUT2D eigenvalue weighted by Crippen LogP contribution is 2.28. The largest absolute Gasteiger partial charge is 0.444 e. The molecule has 2 fully saturated rings. The lowest BCUT2D eigenvalue weighted by Crippen LogP contribution is -2.51. The molecule has 10 nitrogen and oxygen atoms in total. The number of piperazine rings is 1. The first-order valence-corrected chi connectivity index (χ1v) is 11.9. The van der Waals surface area contributed by atoms with Crippen molar-refractivity contribution in [1.29, 1.82) is 0 Å². The van der Waals surface area contributed by atoms with Gasteiger partial charge in [0.25, 0.3) is 0 Å². The van der Waals surface area contributed by atoms with Gasteiger partial charge in [-0.25, -0.2) is 14.0 Å². The van der Waals surface area contributed by atoms with Crippen LogP contribution in [0.4, 0.5) is 25.4 Å². The predicted molar refractivity (Wildman–Crippen MR) is 133 cm³/mol. The Morgan fingerprint density at radius 1 is 1.20 bits per heavy atom. The van der Waals surface area contributed by atoms with E-state index in [1.807, 2.05) is 9.80 Å². The smallest absolute Gasteiger partial charge is 0.414 e. The molecule has 35 heavy (non-hydrogen) atoms. The van der Waals surface area contributed by atoms with Gasteiger partial charge in [-0.1, -0.05) is 12.2 Å². The lowest BCUT2D eigenvalue weighted by Gasteiger charge is -2.37. The minimum Gasteiger partial charge on any atom is -0.444 e. The predicted octanol–water partition coefficient (Wildman–Crippen LogP) is 2.26. The van der Waals surface area contributed by atoms with Crippen LogP contribution < -0.4 is 20.4 Å². The average Bonchev–Trinajstić information content (AvgIpc) is 3.15. The Bertz CT molecular complexity index is 978. The maximum absolute atomic E-state index is 15.0. The van der Waals surface area contributed by atoms with Gasteiger partial charge in [0, 0.05) is 33.1 Å². The molecule has 0 bridgehead atoms. The fourth-order valence-corrected chi connectivity index (χ4v) is 4.04. The van der Waals surface area contributed by atoms with E-state index in [-0.39, 0.29) is 25.5 Å². The van der Waals surface area contributed by atoms with Crippen LogP contribution >= 0.6 is 12.2 Å². The first-order chi connectivity index (χ1) is 16.4. The third-order valence-electron chi connectivity index (χ3n) is 5.45. The van der Waals surface area contributed by atoms with Gasteiger partial charge in [0.1, 0.15) is 17.5 Å². The number of cyclic esters (lactones) is 1. The maximum Gasteiger partial charge on any atom is 0.414 e. The molecule has 1 atom stereocenters. The van der Waals surface area contributed by atoms with Gasteiger partial charge in [-0.3, -0.25) is 9.69 Å². The number of benzene rings is 1. The number of nitrogens with one attached hydrogen (secondary N) is 2. The van der Waals surface area contributed by atoms with Crippen molar-refractivity contribution in [3.8, 4) is 0 Å². The molecule has 1 aromatic rings. The summed E-state index contributed by atoms with van der Waals surface area (Å²) in [5.74, 6) is -0.654. The topological polar surface area (TPSA) is 103 Å². The number of carbonyl (C=O) groups is 3. The number of carbonyl (C=O) groups excluding carboxylic acids is 3. The van der Waals surface area contributed by atoms with Crippen molar-refractivity contribution >= 4 is 46.7 Å². The molecule has 0 aromatic heterocycles. The van der Waals surface area contributed by atoms with Crippen LogP contribution in [-0.4, -0.2) is 85.5 Å². The average molecular weight is 510 g/mol. The minimum absolute atomic E-state index is 0.197. The van der Waals surface area contributed by atoms with Gasteiger partial charge in [0.15, 0.2) is 0 Å². The molecule has 192 valence electrons. The molecule has 0 saturated carbocycles. The number of rotatable bonds is 6. The molecule has 0 unspecified atom stereocenters. The van der Waals surface area contributed by atoms with Crippen LogP contribution in [-0.2, 0) is 14.3 Å². The van der Waals surface area contributed by atoms with Crippen LogP contribution in [0.15, 0.2) is 18.2 Å². The van der Waals surface area contributed by atoms with Crippen LogP contribution in [0, 0.1) is 5.82 Å². The van der Waals surface area contributed by atoms with E-state index in [2.05, 4.69) is 10.6 Å². The summed E-state index contributed by atoms with van der Waals surface area (Å²) in [4.78, 5) is 40.9. The Morgan fingerprint density at radius 2 is 1.89 bits per heavy atom. The van der Waals surface area contributed by atoms with Crippen molar-refractivity contribution in [2.75, 3.05) is 55.6 Å². The zero-order chi connectivity index (χ0) is 25.8. The van der Waals surface area contributed by atoms with Gasteiger partial charge in [0.05, 0.1) is 36.0 Å². The standard InChI is InChI=1S/C23H32FN5O5S/c1-15(30)25-12-17-14-29(22(32)33-17)16-5-6-19(18(24)11-16)27-7-9-28(10-8-27)20(35)13-26-21(31)34-23(2,3)4/h5-6,11,17H,7-10,12-14H2,1-4H3,(H,25,30)(H,26,31)/t17-/m0/s1. The number of ether oxygens (including phenoxy) is 2. The van der Waals surface area contributed by atoms with Gasteiger partial charge >= 0.3 is 12.2 Å². The number of hydrogen-bond acceptors (Lipinski definition) is 7. The molecule has 0 radical (unpaired) electrons. The Balaban J connectivity index is 1.51. The van der Waals surface area contributed by atoms with Crippen molar-refractivity contribution in [2.24, 2.45) is 0 Å². The van der Waals surface area contributed by atoms with Gasteiger partial charge in [-0.15, -0.1) is 0 Å². The highest BCUT2D eigenvalue weighted by atomic mass is 32.1. The number of nitrogens with zero attached hydrogens (tertiary/aromatic N) is 3. The lowest BCUT2D eigenvalue weighted by molar-refractivity contribution is -0.119. The highest BCUT2D eigenvalue weighted by molar-refractivity contribution is 7.80. The molecule has 0 spiro atoms. The number of anilines is 2. The van der Waals surface area contributed by atoms with Crippen LogP contribution in [0.1, 0.15) is 27.7 Å². The van der Waals surface area contributed by atoms with E-state index in [0.29, 0.717) is 42.5 Å². The minimum atomic E-state index is -0.583.